The highest BCUT2D eigenvalue weighted by atomic mass is 16.1. The average Bonchev–Trinajstić information content (AvgIpc) is 3.47. The van der Waals surface area contributed by atoms with Crippen molar-refractivity contribution in [2.75, 3.05) is 11.9 Å². The first-order valence-corrected chi connectivity index (χ1v) is 9.30. The normalized spacial score (nSPS) is 21.9. The van der Waals surface area contributed by atoms with Gasteiger partial charge in [-0.2, -0.15) is 0 Å². The van der Waals surface area contributed by atoms with Crippen LogP contribution in [0.25, 0.3) is 0 Å². The third kappa shape index (κ3) is 2.77. The van der Waals surface area contributed by atoms with Gasteiger partial charge in [0.05, 0.1) is 0 Å². The van der Waals surface area contributed by atoms with Crippen molar-refractivity contribution in [1.29, 1.82) is 0 Å². The summed E-state index contributed by atoms with van der Waals surface area (Å²) in [5.74, 6) is 2.12. The zero-order valence-corrected chi connectivity index (χ0v) is 14.2. The Morgan fingerprint density at radius 3 is 2.72 bits per heavy atom. The van der Waals surface area contributed by atoms with Crippen LogP contribution in [-0.2, 0) is 19.3 Å². The lowest BCUT2D eigenvalue weighted by Gasteiger charge is -2.28. The van der Waals surface area contributed by atoms with E-state index in [0.29, 0.717) is 24.2 Å². The van der Waals surface area contributed by atoms with Crippen LogP contribution in [0, 0.1) is 0 Å². The largest absolute Gasteiger partial charge is 0.367 e. The summed E-state index contributed by atoms with van der Waals surface area (Å²) in [5, 5.41) is 6.57. The highest BCUT2D eigenvalue weighted by Crippen LogP contribution is 2.39. The van der Waals surface area contributed by atoms with Crippen LogP contribution in [0.5, 0.6) is 0 Å². The standard InChI is InChI=1S/C20H22N4O/c25-20-17-16(9-10-21-20)19(24-18(23-17)13-5-6-13)22-15-8-7-12-3-1-2-4-14(12)11-15/h1-4,13,15H,5-11H2,(H,21,25)(H,22,23,24). The number of aryl methyl sites for hydroxylation is 1. The molecule has 1 saturated carbocycles. The van der Waals surface area contributed by atoms with Crippen LogP contribution in [0.4, 0.5) is 5.82 Å². The van der Waals surface area contributed by atoms with E-state index in [9.17, 15) is 4.79 Å². The third-order valence-electron chi connectivity index (χ3n) is 5.53. The predicted molar refractivity (Wildman–Crippen MR) is 95.9 cm³/mol. The molecule has 0 radical (unpaired) electrons. The van der Waals surface area contributed by atoms with Gasteiger partial charge >= 0.3 is 0 Å². The van der Waals surface area contributed by atoms with Gasteiger partial charge in [-0.25, -0.2) is 9.97 Å². The van der Waals surface area contributed by atoms with E-state index in [1.807, 2.05) is 0 Å². The summed E-state index contributed by atoms with van der Waals surface area (Å²) in [6.07, 6.45) is 6.28. The van der Waals surface area contributed by atoms with Crippen LogP contribution in [0.3, 0.4) is 0 Å². The number of hydrogen-bond acceptors (Lipinski definition) is 4. The fourth-order valence-corrected chi connectivity index (χ4v) is 3.97. The van der Waals surface area contributed by atoms with Crippen molar-refractivity contribution < 1.29 is 4.79 Å². The monoisotopic (exact) mass is 334 g/mol. The van der Waals surface area contributed by atoms with Gasteiger partial charge in [0.15, 0.2) is 0 Å². The highest BCUT2D eigenvalue weighted by molar-refractivity contribution is 5.96. The predicted octanol–water partition coefficient (Wildman–Crippen LogP) is 2.61. The smallest absolute Gasteiger partial charge is 0.270 e. The lowest BCUT2D eigenvalue weighted by atomic mass is 9.88. The topological polar surface area (TPSA) is 66.9 Å². The molecular formula is C20H22N4O. The van der Waals surface area contributed by atoms with Crippen LogP contribution >= 0.6 is 0 Å². The number of carbonyl (C=O) groups excluding carboxylic acids is 1. The third-order valence-corrected chi connectivity index (χ3v) is 5.53. The number of rotatable bonds is 3. The van der Waals surface area contributed by atoms with Crippen molar-refractivity contribution in [3.05, 3.63) is 52.5 Å². The molecule has 25 heavy (non-hydrogen) atoms. The van der Waals surface area contributed by atoms with Gasteiger partial charge < -0.3 is 10.6 Å². The summed E-state index contributed by atoms with van der Waals surface area (Å²) < 4.78 is 0. The molecule has 0 spiro atoms. The second-order valence-corrected chi connectivity index (χ2v) is 7.39. The summed E-state index contributed by atoms with van der Waals surface area (Å²) in [5.41, 5.74) is 4.46. The molecule has 2 aliphatic carbocycles. The Hall–Kier alpha value is -2.43. The number of hydrogen-bond donors (Lipinski definition) is 2. The maximum Gasteiger partial charge on any atom is 0.270 e. The number of anilines is 1. The van der Waals surface area contributed by atoms with Crippen molar-refractivity contribution in [3.8, 4) is 0 Å². The molecule has 3 aliphatic rings. The van der Waals surface area contributed by atoms with Gasteiger partial charge in [0.1, 0.15) is 17.3 Å². The molecule has 1 atom stereocenters. The average molecular weight is 334 g/mol. The van der Waals surface area contributed by atoms with Crippen LogP contribution in [0.2, 0.25) is 0 Å². The molecule has 5 heteroatoms. The number of fused-ring (bicyclic) bond motifs is 2. The Morgan fingerprint density at radius 1 is 1.04 bits per heavy atom. The zero-order valence-electron chi connectivity index (χ0n) is 14.2. The first-order chi connectivity index (χ1) is 12.3. The maximum atomic E-state index is 12.3. The molecule has 0 bridgehead atoms. The van der Waals surface area contributed by atoms with E-state index in [0.717, 1.165) is 55.7 Å². The van der Waals surface area contributed by atoms with Crippen molar-refractivity contribution >= 4 is 11.7 Å². The van der Waals surface area contributed by atoms with Crippen LogP contribution in [0.15, 0.2) is 24.3 Å². The lowest BCUT2D eigenvalue weighted by Crippen LogP contribution is -2.35. The fourth-order valence-electron chi connectivity index (χ4n) is 3.97. The van der Waals surface area contributed by atoms with Gasteiger partial charge in [0, 0.05) is 24.1 Å². The lowest BCUT2D eigenvalue weighted by molar-refractivity contribution is 0.0940. The van der Waals surface area contributed by atoms with Crippen LogP contribution in [-0.4, -0.2) is 28.5 Å². The number of carbonyl (C=O) groups is 1. The van der Waals surface area contributed by atoms with Crippen LogP contribution in [0.1, 0.15) is 58.2 Å². The molecule has 1 aromatic carbocycles. The van der Waals surface area contributed by atoms with E-state index < -0.39 is 0 Å². The van der Waals surface area contributed by atoms with E-state index in [-0.39, 0.29) is 5.91 Å². The quantitative estimate of drug-likeness (QED) is 0.905. The Morgan fingerprint density at radius 2 is 1.88 bits per heavy atom. The van der Waals surface area contributed by atoms with Crippen molar-refractivity contribution in [3.63, 3.8) is 0 Å². The Labute approximate surface area is 147 Å². The van der Waals surface area contributed by atoms with Gasteiger partial charge in [-0.1, -0.05) is 24.3 Å². The molecule has 1 aliphatic heterocycles. The molecular weight excluding hydrogens is 312 g/mol. The number of aromatic nitrogens is 2. The Kier molecular flexibility index (Phi) is 3.47. The molecule has 2 aromatic rings. The summed E-state index contributed by atoms with van der Waals surface area (Å²) in [7, 11) is 0. The second-order valence-electron chi connectivity index (χ2n) is 7.39. The first-order valence-electron chi connectivity index (χ1n) is 9.30. The molecule has 2 N–H and O–H groups in total. The molecule has 1 amide bonds. The number of nitrogens with one attached hydrogen (secondary N) is 2. The number of nitrogens with zero attached hydrogens (tertiary/aromatic N) is 2. The maximum absolute atomic E-state index is 12.3. The first kappa shape index (κ1) is 14.9. The van der Waals surface area contributed by atoms with E-state index in [2.05, 4.69) is 39.9 Å². The Bertz CT molecular complexity index is 844. The van der Waals surface area contributed by atoms with Gasteiger partial charge in [0.2, 0.25) is 0 Å². The van der Waals surface area contributed by atoms with Gasteiger partial charge in [-0.3, -0.25) is 4.79 Å². The van der Waals surface area contributed by atoms with Crippen molar-refractivity contribution in [1.82, 2.24) is 15.3 Å². The minimum absolute atomic E-state index is 0.0532. The summed E-state index contributed by atoms with van der Waals surface area (Å²) in [4.78, 5) is 21.7. The molecule has 1 unspecified atom stereocenters. The molecule has 0 saturated heterocycles. The van der Waals surface area contributed by atoms with Gasteiger partial charge in [-0.05, 0) is 49.7 Å². The molecule has 1 fully saturated rings. The molecule has 128 valence electrons. The Balaban J connectivity index is 1.46. The molecule has 1 aromatic heterocycles. The minimum atomic E-state index is -0.0532. The molecule has 5 rings (SSSR count). The summed E-state index contributed by atoms with van der Waals surface area (Å²) in [6, 6.07) is 9.05. The van der Waals surface area contributed by atoms with E-state index in [1.165, 1.54) is 11.1 Å². The number of benzene rings is 1. The van der Waals surface area contributed by atoms with Gasteiger partial charge in [0.25, 0.3) is 5.91 Å². The SMILES string of the molecule is O=C1NCCc2c(NC3CCc4ccccc4C3)nc(C3CC3)nc21. The second kappa shape index (κ2) is 5.83. The summed E-state index contributed by atoms with van der Waals surface area (Å²) in [6.45, 7) is 0.667. The number of amides is 1. The van der Waals surface area contributed by atoms with E-state index in [4.69, 9.17) is 4.98 Å². The molecule has 5 nitrogen and oxygen atoms in total. The van der Waals surface area contributed by atoms with Crippen LogP contribution < -0.4 is 10.6 Å². The van der Waals surface area contributed by atoms with Crippen molar-refractivity contribution in [2.24, 2.45) is 0 Å². The fraction of sp³-hybridized carbons (Fsp3) is 0.450. The molecule has 2 heterocycles. The van der Waals surface area contributed by atoms with Gasteiger partial charge in [-0.15, -0.1) is 0 Å². The zero-order chi connectivity index (χ0) is 16.8. The van der Waals surface area contributed by atoms with E-state index in [1.54, 1.807) is 0 Å². The van der Waals surface area contributed by atoms with Crippen molar-refractivity contribution in [2.45, 2.75) is 50.5 Å². The highest BCUT2D eigenvalue weighted by Gasteiger charge is 2.32. The summed E-state index contributed by atoms with van der Waals surface area (Å²) >= 11 is 0. The minimum Gasteiger partial charge on any atom is -0.367 e. The van der Waals surface area contributed by atoms with E-state index >= 15 is 0 Å².